The molecule has 0 amide bonds. The van der Waals surface area contributed by atoms with Gasteiger partial charge in [-0.15, -0.1) is 0 Å². The highest BCUT2D eigenvalue weighted by Crippen LogP contribution is 2.19. The summed E-state index contributed by atoms with van der Waals surface area (Å²) in [5, 5.41) is 8.76. The average molecular weight is 257 g/mol. The van der Waals surface area contributed by atoms with Crippen LogP contribution in [0.4, 0.5) is 0 Å². The highest BCUT2D eigenvalue weighted by atomic mass is 15.2. The zero-order valence-electron chi connectivity index (χ0n) is 12.2. The van der Waals surface area contributed by atoms with Gasteiger partial charge in [0.25, 0.3) is 0 Å². The van der Waals surface area contributed by atoms with Crippen LogP contribution in [0.2, 0.25) is 0 Å². The zero-order valence-corrected chi connectivity index (χ0v) is 12.2. The first-order valence-corrected chi connectivity index (χ1v) is 6.96. The van der Waals surface area contributed by atoms with Crippen molar-refractivity contribution in [2.75, 3.05) is 26.7 Å². The van der Waals surface area contributed by atoms with E-state index in [1.807, 2.05) is 0 Å². The molecule has 102 valence electrons. The number of benzene rings is 1. The van der Waals surface area contributed by atoms with Gasteiger partial charge in [0, 0.05) is 25.7 Å². The summed E-state index contributed by atoms with van der Waals surface area (Å²) in [6, 6.07) is 9.44. The maximum absolute atomic E-state index is 8.76. The molecule has 1 saturated heterocycles. The molecule has 0 aromatic heterocycles. The Morgan fingerprint density at radius 1 is 1.42 bits per heavy atom. The van der Waals surface area contributed by atoms with Crippen molar-refractivity contribution in [3.8, 4) is 6.07 Å². The van der Waals surface area contributed by atoms with Crippen LogP contribution in [0, 0.1) is 25.2 Å². The van der Waals surface area contributed by atoms with Gasteiger partial charge < -0.3 is 0 Å². The minimum absolute atomic E-state index is 0.530. The second kappa shape index (κ2) is 6.18. The topological polar surface area (TPSA) is 30.3 Å². The molecule has 3 nitrogen and oxygen atoms in total. The Bertz CT molecular complexity index is 475. The van der Waals surface area contributed by atoms with Crippen molar-refractivity contribution in [2.24, 2.45) is 0 Å². The van der Waals surface area contributed by atoms with E-state index in [1.54, 1.807) is 0 Å². The first-order chi connectivity index (χ1) is 9.10. The maximum atomic E-state index is 8.76. The summed E-state index contributed by atoms with van der Waals surface area (Å²) in [7, 11) is 2.05. The number of likely N-dealkylation sites (tertiary alicyclic amines) is 1. The summed E-state index contributed by atoms with van der Waals surface area (Å²) in [5.41, 5.74) is 4.14. The van der Waals surface area contributed by atoms with Crippen LogP contribution in [0.5, 0.6) is 0 Å². The first-order valence-electron chi connectivity index (χ1n) is 6.96. The smallest absolute Gasteiger partial charge is 0.0866 e. The minimum Gasteiger partial charge on any atom is -0.297 e. The Morgan fingerprint density at radius 3 is 2.95 bits per heavy atom. The Labute approximate surface area is 116 Å². The Hall–Kier alpha value is -1.37. The van der Waals surface area contributed by atoms with Gasteiger partial charge in [-0.1, -0.05) is 23.8 Å². The molecule has 1 aliphatic rings. The fourth-order valence-electron chi connectivity index (χ4n) is 2.77. The molecule has 19 heavy (non-hydrogen) atoms. The molecule has 1 atom stereocenters. The molecule has 1 aliphatic heterocycles. The van der Waals surface area contributed by atoms with Crippen molar-refractivity contribution in [1.29, 1.82) is 5.26 Å². The Balaban J connectivity index is 1.95. The van der Waals surface area contributed by atoms with Crippen molar-refractivity contribution in [1.82, 2.24) is 9.80 Å². The number of rotatable bonds is 4. The molecule has 0 saturated carbocycles. The zero-order chi connectivity index (χ0) is 13.8. The van der Waals surface area contributed by atoms with E-state index in [0.29, 0.717) is 12.6 Å². The summed E-state index contributed by atoms with van der Waals surface area (Å²) in [6.45, 7) is 8.10. The molecule has 0 N–H and O–H groups in total. The molecule has 1 aromatic carbocycles. The van der Waals surface area contributed by atoms with E-state index in [0.717, 1.165) is 19.6 Å². The Morgan fingerprint density at radius 2 is 2.21 bits per heavy atom. The van der Waals surface area contributed by atoms with Crippen LogP contribution < -0.4 is 0 Å². The van der Waals surface area contributed by atoms with Crippen molar-refractivity contribution in [3.05, 3.63) is 34.9 Å². The number of nitrogens with zero attached hydrogens (tertiary/aromatic N) is 3. The third kappa shape index (κ3) is 3.56. The lowest BCUT2D eigenvalue weighted by molar-refractivity contribution is 0.249. The predicted molar refractivity (Wildman–Crippen MR) is 77.8 cm³/mol. The van der Waals surface area contributed by atoms with Crippen LogP contribution in [0.25, 0.3) is 0 Å². The normalized spacial score (nSPS) is 19.8. The fraction of sp³-hybridized carbons (Fsp3) is 0.562. The van der Waals surface area contributed by atoms with Gasteiger partial charge >= 0.3 is 0 Å². The van der Waals surface area contributed by atoms with Gasteiger partial charge in [-0.3, -0.25) is 9.80 Å². The van der Waals surface area contributed by atoms with Gasteiger partial charge in [0.1, 0.15) is 0 Å². The van der Waals surface area contributed by atoms with Crippen LogP contribution in [0.15, 0.2) is 18.2 Å². The second-order valence-electron chi connectivity index (χ2n) is 5.68. The molecule has 0 bridgehead atoms. The van der Waals surface area contributed by atoms with Gasteiger partial charge in [0.15, 0.2) is 0 Å². The molecule has 1 fully saturated rings. The van der Waals surface area contributed by atoms with Gasteiger partial charge in [0.05, 0.1) is 12.6 Å². The molecular formula is C16H23N3. The fourth-order valence-corrected chi connectivity index (χ4v) is 2.77. The van der Waals surface area contributed by atoms with Crippen LogP contribution in [-0.2, 0) is 6.54 Å². The highest BCUT2D eigenvalue weighted by molar-refractivity contribution is 5.30. The number of nitriles is 1. The molecule has 0 spiro atoms. The van der Waals surface area contributed by atoms with Gasteiger partial charge in [-0.25, -0.2) is 0 Å². The van der Waals surface area contributed by atoms with Gasteiger partial charge in [-0.05, 0) is 38.4 Å². The van der Waals surface area contributed by atoms with Gasteiger partial charge in [0.2, 0.25) is 0 Å². The van der Waals surface area contributed by atoms with Crippen molar-refractivity contribution in [3.63, 3.8) is 0 Å². The highest BCUT2D eigenvalue weighted by Gasteiger charge is 2.25. The van der Waals surface area contributed by atoms with Crippen LogP contribution in [-0.4, -0.2) is 42.5 Å². The summed E-state index contributed by atoms with van der Waals surface area (Å²) in [5.74, 6) is 0. The third-order valence-corrected chi connectivity index (χ3v) is 4.09. The molecule has 0 aliphatic carbocycles. The molecule has 3 heteroatoms. The van der Waals surface area contributed by atoms with E-state index in [1.165, 1.54) is 23.1 Å². The minimum atomic E-state index is 0.530. The maximum Gasteiger partial charge on any atom is 0.0866 e. The number of likely N-dealkylation sites (N-methyl/N-ethyl adjacent to an activating group) is 1. The predicted octanol–water partition coefficient (Wildman–Crippen LogP) is 2.33. The largest absolute Gasteiger partial charge is 0.297 e. The monoisotopic (exact) mass is 257 g/mol. The lowest BCUT2D eigenvalue weighted by Gasteiger charge is -2.22. The van der Waals surface area contributed by atoms with Crippen molar-refractivity contribution in [2.45, 2.75) is 32.9 Å². The van der Waals surface area contributed by atoms with E-state index in [9.17, 15) is 0 Å². The molecule has 0 radical (unpaired) electrons. The van der Waals surface area contributed by atoms with E-state index in [4.69, 9.17) is 5.26 Å². The van der Waals surface area contributed by atoms with E-state index < -0.39 is 0 Å². The van der Waals surface area contributed by atoms with Crippen LogP contribution in [0.1, 0.15) is 23.1 Å². The molecule has 1 unspecified atom stereocenters. The number of hydrogen-bond acceptors (Lipinski definition) is 3. The standard InChI is InChI=1S/C16H23N3/c1-13-4-5-14(2)15(10-13)11-19-8-6-16(12-19)18(3)9-7-17/h4-5,10,16H,6,8-9,11-12H2,1-3H3. The molecule has 1 heterocycles. The summed E-state index contributed by atoms with van der Waals surface area (Å²) >= 11 is 0. The summed E-state index contributed by atoms with van der Waals surface area (Å²) in [6.07, 6.45) is 1.17. The second-order valence-corrected chi connectivity index (χ2v) is 5.68. The van der Waals surface area contributed by atoms with Crippen LogP contribution in [0.3, 0.4) is 0 Å². The Kier molecular flexibility index (Phi) is 4.57. The molecule has 2 rings (SSSR count). The van der Waals surface area contributed by atoms with E-state index >= 15 is 0 Å². The van der Waals surface area contributed by atoms with E-state index in [2.05, 4.69) is 55.0 Å². The quantitative estimate of drug-likeness (QED) is 0.776. The van der Waals surface area contributed by atoms with Crippen LogP contribution >= 0.6 is 0 Å². The first kappa shape index (κ1) is 14.0. The van der Waals surface area contributed by atoms with E-state index in [-0.39, 0.29) is 0 Å². The molecular weight excluding hydrogens is 234 g/mol. The number of aryl methyl sites for hydroxylation is 2. The lowest BCUT2D eigenvalue weighted by Crippen LogP contribution is -2.34. The van der Waals surface area contributed by atoms with Crippen molar-refractivity contribution >= 4 is 0 Å². The third-order valence-electron chi connectivity index (χ3n) is 4.09. The van der Waals surface area contributed by atoms with Crippen molar-refractivity contribution < 1.29 is 0 Å². The number of hydrogen-bond donors (Lipinski definition) is 0. The average Bonchev–Trinajstić information content (AvgIpc) is 2.83. The summed E-state index contributed by atoms with van der Waals surface area (Å²) < 4.78 is 0. The lowest BCUT2D eigenvalue weighted by atomic mass is 10.1. The molecule has 1 aromatic rings. The van der Waals surface area contributed by atoms with Gasteiger partial charge in [-0.2, -0.15) is 5.26 Å². The summed E-state index contributed by atoms with van der Waals surface area (Å²) in [4.78, 5) is 4.67. The SMILES string of the molecule is Cc1ccc(C)c(CN2CCC(N(C)CC#N)C2)c1.